The first kappa shape index (κ1) is 32.0. The van der Waals surface area contributed by atoms with E-state index < -0.39 is 0 Å². The molecule has 0 aliphatic rings. The van der Waals surface area contributed by atoms with Gasteiger partial charge in [-0.3, -0.25) is 0 Å². The molecule has 0 rings (SSSR count). The molecule has 0 aliphatic carbocycles. The van der Waals surface area contributed by atoms with Crippen LogP contribution >= 0.6 is 0 Å². The lowest BCUT2D eigenvalue weighted by molar-refractivity contribution is -0.0163. The highest BCUT2D eigenvalue weighted by Crippen LogP contribution is 2.35. The van der Waals surface area contributed by atoms with Crippen LogP contribution in [0, 0.1) is 34.5 Å². The van der Waals surface area contributed by atoms with Gasteiger partial charge in [-0.2, -0.15) is 0 Å². The van der Waals surface area contributed by atoms with Gasteiger partial charge in [0.15, 0.2) is 0 Å². The molecule has 0 atom stereocenters. The summed E-state index contributed by atoms with van der Waals surface area (Å²) in [5.41, 5.74) is 0.400. The summed E-state index contributed by atoms with van der Waals surface area (Å²) in [4.78, 5) is 0. The summed E-state index contributed by atoms with van der Waals surface area (Å²) >= 11 is 0. The van der Waals surface area contributed by atoms with Crippen molar-refractivity contribution in [2.24, 2.45) is 34.5 Å². The van der Waals surface area contributed by atoms with Crippen molar-refractivity contribution in [3.8, 4) is 0 Å². The number of methoxy groups -OCH3 is 4. The zero-order valence-electron chi connectivity index (χ0n) is 22.6. The number of hydrogen-bond donors (Lipinski definition) is 0. The summed E-state index contributed by atoms with van der Waals surface area (Å²) in [6, 6.07) is 0. The minimum Gasteiger partial charge on any atom is -0.384 e. The van der Waals surface area contributed by atoms with Crippen LogP contribution in [0.2, 0.25) is 0 Å². The Morgan fingerprint density at radius 1 is 0.400 bits per heavy atom. The number of ether oxygens (including phenoxy) is 4. The number of hydrogen-bond acceptors (Lipinski definition) is 4. The molecule has 30 heavy (non-hydrogen) atoms. The fourth-order valence-corrected chi connectivity index (χ4v) is 5.41. The Morgan fingerprint density at radius 2 is 0.567 bits per heavy atom. The van der Waals surface area contributed by atoms with Gasteiger partial charge in [0.1, 0.15) is 0 Å². The highest BCUT2D eigenvalue weighted by molar-refractivity contribution is 4.82. The molecule has 0 heterocycles. The second-order valence-corrected chi connectivity index (χ2v) is 11.1. The van der Waals surface area contributed by atoms with Gasteiger partial charge in [-0.15, -0.1) is 0 Å². The van der Waals surface area contributed by atoms with Gasteiger partial charge in [-0.1, -0.05) is 55.4 Å². The third-order valence-electron chi connectivity index (χ3n) is 5.17. The molecule has 0 amide bonds. The molecule has 4 nitrogen and oxygen atoms in total. The molecule has 0 N–H and O–H groups in total. The van der Waals surface area contributed by atoms with Gasteiger partial charge in [-0.05, 0) is 49.4 Å². The van der Waals surface area contributed by atoms with Crippen LogP contribution in [0.1, 0.15) is 81.1 Å². The van der Waals surface area contributed by atoms with Crippen molar-refractivity contribution >= 4 is 0 Å². The second-order valence-electron chi connectivity index (χ2n) is 11.1. The van der Waals surface area contributed by atoms with Crippen molar-refractivity contribution in [2.75, 3.05) is 54.9 Å². The molecule has 0 aromatic rings. The van der Waals surface area contributed by atoms with E-state index in [1.54, 1.807) is 28.4 Å². The van der Waals surface area contributed by atoms with Crippen LogP contribution in [0.4, 0.5) is 0 Å². The molecule has 0 saturated heterocycles. The predicted molar refractivity (Wildman–Crippen MR) is 130 cm³/mol. The zero-order valence-corrected chi connectivity index (χ0v) is 22.6. The molecule has 0 saturated carbocycles. The smallest absolute Gasteiger partial charge is 0.0540 e. The fraction of sp³-hybridized carbons (Fsp3) is 1.00. The summed E-state index contributed by atoms with van der Waals surface area (Å²) in [5, 5.41) is 0. The third-order valence-corrected chi connectivity index (χ3v) is 5.17. The Morgan fingerprint density at radius 3 is 0.667 bits per heavy atom. The van der Waals surface area contributed by atoms with E-state index in [1.165, 1.54) is 25.7 Å². The molecule has 0 spiro atoms. The minimum atomic E-state index is 0.200. The number of rotatable bonds is 16. The maximum Gasteiger partial charge on any atom is 0.0540 e. The van der Waals surface area contributed by atoms with Gasteiger partial charge in [0, 0.05) is 39.3 Å². The lowest BCUT2D eigenvalue weighted by atomic mass is 9.75. The van der Waals surface area contributed by atoms with Crippen molar-refractivity contribution in [1.82, 2.24) is 0 Å². The van der Waals surface area contributed by atoms with E-state index in [9.17, 15) is 0 Å². The van der Waals surface area contributed by atoms with Crippen LogP contribution < -0.4 is 0 Å². The van der Waals surface area contributed by atoms with Gasteiger partial charge in [0.05, 0.1) is 26.4 Å². The third kappa shape index (κ3) is 15.6. The molecule has 4 heteroatoms. The van der Waals surface area contributed by atoms with Crippen molar-refractivity contribution in [3.05, 3.63) is 0 Å². The largest absolute Gasteiger partial charge is 0.384 e. The second kappa shape index (κ2) is 17.4. The summed E-state index contributed by atoms with van der Waals surface area (Å²) < 4.78 is 21.5. The van der Waals surface area contributed by atoms with Crippen molar-refractivity contribution in [3.63, 3.8) is 0 Å². The van der Waals surface area contributed by atoms with E-state index in [2.05, 4.69) is 55.4 Å². The quantitative estimate of drug-likeness (QED) is 0.271. The van der Waals surface area contributed by atoms with Gasteiger partial charge in [0.25, 0.3) is 0 Å². The maximum atomic E-state index is 5.38. The molecule has 0 fully saturated rings. The zero-order chi connectivity index (χ0) is 23.8. The molecule has 184 valence electrons. The summed E-state index contributed by atoms with van der Waals surface area (Å²) in [6.07, 6.45) is 4.69. The van der Waals surface area contributed by atoms with Crippen molar-refractivity contribution in [2.45, 2.75) is 81.1 Å². The van der Waals surface area contributed by atoms with Gasteiger partial charge in [-0.25, -0.2) is 0 Å². The molecular weight excluding hydrogens is 376 g/mol. The summed E-state index contributed by atoms with van der Waals surface area (Å²) in [5.74, 6) is 2.76. The first-order chi connectivity index (χ1) is 13.9. The van der Waals surface area contributed by atoms with E-state index in [4.69, 9.17) is 18.9 Å². The summed E-state index contributed by atoms with van der Waals surface area (Å²) in [6.45, 7) is 21.3. The highest BCUT2D eigenvalue weighted by Gasteiger charge is 2.33. The van der Waals surface area contributed by atoms with Gasteiger partial charge < -0.3 is 18.9 Å². The Bertz CT molecular complexity index is 305. The normalized spacial score (nSPS) is 12.8. The highest BCUT2D eigenvalue weighted by atomic mass is 16.5. The van der Waals surface area contributed by atoms with Crippen molar-refractivity contribution < 1.29 is 18.9 Å². The molecule has 0 radical (unpaired) electrons. The molecule has 0 aromatic heterocycles. The predicted octanol–water partition coefficient (Wildman–Crippen LogP) is 6.72. The Hall–Kier alpha value is -0.160. The first-order valence-corrected chi connectivity index (χ1v) is 11.9. The average Bonchev–Trinajstić information content (AvgIpc) is 2.53. The lowest BCUT2D eigenvalue weighted by Gasteiger charge is -2.35. The molecule has 0 unspecified atom stereocenters. The molecule has 0 aromatic carbocycles. The van der Waals surface area contributed by atoms with Crippen LogP contribution in [0.3, 0.4) is 0 Å². The van der Waals surface area contributed by atoms with Crippen molar-refractivity contribution in [1.29, 1.82) is 0 Å². The topological polar surface area (TPSA) is 36.9 Å². The maximum absolute atomic E-state index is 5.38. The van der Waals surface area contributed by atoms with E-state index in [0.717, 1.165) is 26.4 Å². The minimum absolute atomic E-state index is 0.200. The van der Waals surface area contributed by atoms with Crippen LogP contribution in [-0.4, -0.2) is 54.9 Å². The van der Waals surface area contributed by atoms with E-state index >= 15 is 0 Å². The van der Waals surface area contributed by atoms with Crippen LogP contribution in [0.5, 0.6) is 0 Å². The van der Waals surface area contributed by atoms with Crippen LogP contribution in [0.15, 0.2) is 0 Å². The van der Waals surface area contributed by atoms with E-state index in [0.29, 0.717) is 23.7 Å². The monoisotopic (exact) mass is 432 g/mol. The lowest BCUT2D eigenvalue weighted by Crippen LogP contribution is -2.34. The fourth-order valence-electron chi connectivity index (χ4n) is 5.41. The van der Waals surface area contributed by atoms with E-state index in [-0.39, 0.29) is 10.8 Å². The summed E-state index contributed by atoms with van der Waals surface area (Å²) in [7, 11) is 7.13. The molecule has 0 aliphatic heterocycles. The van der Waals surface area contributed by atoms with Crippen LogP contribution in [0.25, 0.3) is 0 Å². The van der Waals surface area contributed by atoms with Gasteiger partial charge in [0.2, 0.25) is 0 Å². The average molecular weight is 433 g/mol. The Kier molecular flexibility index (Phi) is 18.6. The van der Waals surface area contributed by atoms with Gasteiger partial charge >= 0.3 is 0 Å². The van der Waals surface area contributed by atoms with E-state index in [1.807, 2.05) is 0 Å². The molecular formula is C26H56O4. The SMILES string of the molecule is COCC(COC)(CC(C)C)CC(C)C.COCC(COC)(CC(C)C)CC(C)C. The van der Waals surface area contributed by atoms with Crippen LogP contribution in [-0.2, 0) is 18.9 Å². The Labute approximate surface area is 189 Å². The molecule has 0 bridgehead atoms. The Balaban J connectivity index is 0. The standard InChI is InChI=1S/2C13H28O2/c2*1-11(2)7-13(9-14-5,10-15-6)8-12(3)4/h2*11-12H,7-10H2,1-6H3. The first-order valence-electron chi connectivity index (χ1n) is 11.9.